The number of hydrogen-bond donors (Lipinski definition) is 2. The molecule has 7 heteroatoms. The molecule has 1 fully saturated rings. The van der Waals surface area contributed by atoms with Gasteiger partial charge in [-0.05, 0) is 38.7 Å². The highest BCUT2D eigenvalue weighted by Crippen LogP contribution is 2.20. The van der Waals surface area contributed by atoms with Gasteiger partial charge in [0.2, 0.25) is 0 Å². The highest BCUT2D eigenvalue weighted by molar-refractivity contribution is 5.46. The third-order valence-electron chi connectivity index (χ3n) is 3.76. The number of nitrogens with zero attached hydrogens (tertiary/aromatic N) is 2. The molecule has 0 atom stereocenters. The molecule has 1 aliphatic carbocycles. The fourth-order valence-corrected chi connectivity index (χ4v) is 2.50. The molecule has 1 aromatic rings. The number of anilines is 1. The van der Waals surface area contributed by atoms with Gasteiger partial charge in [-0.1, -0.05) is 0 Å². The van der Waals surface area contributed by atoms with Crippen LogP contribution in [-0.4, -0.2) is 35.2 Å². The second-order valence-electron chi connectivity index (χ2n) is 5.45. The van der Waals surface area contributed by atoms with Crippen molar-refractivity contribution in [3.63, 3.8) is 0 Å². The van der Waals surface area contributed by atoms with E-state index in [-0.39, 0.29) is 5.69 Å². The van der Waals surface area contributed by atoms with Gasteiger partial charge in [0, 0.05) is 18.2 Å². The molecule has 21 heavy (non-hydrogen) atoms. The first-order chi connectivity index (χ1) is 10.1. The van der Waals surface area contributed by atoms with E-state index in [9.17, 15) is 10.1 Å². The molecule has 0 saturated heterocycles. The average molecular weight is 294 g/mol. The number of nitrogens with one attached hydrogen (secondary N) is 1. The van der Waals surface area contributed by atoms with Gasteiger partial charge in [0.25, 0.3) is 5.69 Å². The summed E-state index contributed by atoms with van der Waals surface area (Å²) in [7, 11) is 0. The number of aromatic nitrogens is 1. The van der Waals surface area contributed by atoms with E-state index in [2.05, 4.69) is 10.3 Å². The molecule has 1 heterocycles. The average Bonchev–Trinajstić information content (AvgIpc) is 2.45. The van der Waals surface area contributed by atoms with Crippen LogP contribution >= 0.6 is 0 Å². The third-order valence-corrected chi connectivity index (χ3v) is 3.76. The van der Waals surface area contributed by atoms with Gasteiger partial charge in [0.05, 0.1) is 17.6 Å². The van der Waals surface area contributed by atoms with E-state index < -0.39 is 4.92 Å². The molecule has 1 aliphatic rings. The number of pyridine rings is 1. The first-order valence-electron chi connectivity index (χ1n) is 7.28. The minimum absolute atomic E-state index is 0.0374. The van der Waals surface area contributed by atoms with Crippen LogP contribution < -0.4 is 11.1 Å². The van der Waals surface area contributed by atoms with E-state index in [1.165, 1.54) is 6.20 Å². The van der Waals surface area contributed by atoms with Crippen LogP contribution in [0.3, 0.4) is 0 Å². The maximum atomic E-state index is 10.7. The van der Waals surface area contributed by atoms with E-state index in [0.717, 1.165) is 25.7 Å². The van der Waals surface area contributed by atoms with Crippen LogP contribution in [0.1, 0.15) is 31.2 Å². The molecule has 0 radical (unpaired) electrons. The summed E-state index contributed by atoms with van der Waals surface area (Å²) in [5.74, 6) is 0.632. The molecule has 0 unspecified atom stereocenters. The summed E-state index contributed by atoms with van der Waals surface area (Å²) in [6.45, 7) is 2.93. The van der Waals surface area contributed by atoms with Crippen molar-refractivity contribution >= 4 is 11.5 Å². The molecular formula is C14H22N4O3. The van der Waals surface area contributed by atoms with Crippen molar-refractivity contribution in [2.75, 3.05) is 18.5 Å². The lowest BCUT2D eigenvalue weighted by atomic mass is 9.94. The summed E-state index contributed by atoms with van der Waals surface area (Å²) < 4.78 is 5.79. The van der Waals surface area contributed by atoms with Gasteiger partial charge >= 0.3 is 0 Å². The molecule has 1 saturated carbocycles. The lowest BCUT2D eigenvalue weighted by Gasteiger charge is -2.26. The van der Waals surface area contributed by atoms with Gasteiger partial charge in [-0.2, -0.15) is 0 Å². The van der Waals surface area contributed by atoms with Crippen molar-refractivity contribution in [2.24, 2.45) is 5.73 Å². The van der Waals surface area contributed by atoms with Gasteiger partial charge in [-0.15, -0.1) is 0 Å². The van der Waals surface area contributed by atoms with E-state index in [4.69, 9.17) is 10.5 Å². The first kappa shape index (κ1) is 15.7. The molecular weight excluding hydrogens is 272 g/mol. The minimum Gasteiger partial charge on any atom is -0.376 e. The molecule has 2 rings (SSSR count). The molecule has 0 spiro atoms. The summed E-state index contributed by atoms with van der Waals surface area (Å²) >= 11 is 0. The molecule has 7 nitrogen and oxygen atoms in total. The van der Waals surface area contributed by atoms with E-state index in [1.807, 2.05) is 0 Å². The predicted molar refractivity (Wildman–Crippen MR) is 80.3 cm³/mol. The van der Waals surface area contributed by atoms with Crippen molar-refractivity contribution in [1.29, 1.82) is 0 Å². The van der Waals surface area contributed by atoms with Crippen molar-refractivity contribution in [3.05, 3.63) is 27.9 Å². The predicted octanol–water partition coefficient (Wildman–Crippen LogP) is 2.00. The van der Waals surface area contributed by atoms with E-state index in [0.29, 0.717) is 36.7 Å². The molecule has 0 aromatic carbocycles. The van der Waals surface area contributed by atoms with Gasteiger partial charge in [0.1, 0.15) is 12.0 Å². The Hall–Kier alpha value is -1.73. The van der Waals surface area contributed by atoms with E-state index >= 15 is 0 Å². The van der Waals surface area contributed by atoms with Crippen LogP contribution in [-0.2, 0) is 4.74 Å². The zero-order valence-electron chi connectivity index (χ0n) is 12.2. The third kappa shape index (κ3) is 4.64. The molecule has 0 aliphatic heterocycles. The van der Waals surface area contributed by atoms with Crippen LogP contribution in [0.4, 0.5) is 11.5 Å². The van der Waals surface area contributed by atoms with Crippen LogP contribution in [0, 0.1) is 17.0 Å². The number of ether oxygens (including phenoxy) is 1. The molecule has 116 valence electrons. The summed E-state index contributed by atoms with van der Waals surface area (Å²) in [5.41, 5.74) is 6.49. The van der Waals surface area contributed by atoms with Crippen molar-refractivity contribution in [1.82, 2.24) is 4.98 Å². The lowest BCUT2D eigenvalue weighted by molar-refractivity contribution is -0.385. The molecule has 0 bridgehead atoms. The topological polar surface area (TPSA) is 103 Å². The summed E-state index contributed by atoms with van der Waals surface area (Å²) in [6.07, 6.45) is 5.69. The van der Waals surface area contributed by atoms with Crippen molar-refractivity contribution in [3.8, 4) is 0 Å². The number of hydrogen-bond acceptors (Lipinski definition) is 6. The Kier molecular flexibility index (Phi) is 5.46. The van der Waals surface area contributed by atoms with Crippen molar-refractivity contribution < 1.29 is 9.66 Å². The van der Waals surface area contributed by atoms with E-state index in [1.54, 1.807) is 13.0 Å². The maximum absolute atomic E-state index is 10.7. The van der Waals surface area contributed by atoms with Gasteiger partial charge in [0.15, 0.2) is 0 Å². The number of nitro groups is 1. The fourth-order valence-electron chi connectivity index (χ4n) is 2.50. The van der Waals surface area contributed by atoms with Gasteiger partial charge < -0.3 is 15.8 Å². The standard InChI is InChI=1S/C14H22N4O3/c1-10-8-14(17-9-13(10)18(19)20)16-6-7-21-12-4-2-11(15)3-5-12/h8-9,11-12H,2-7,15H2,1H3,(H,16,17). The quantitative estimate of drug-likeness (QED) is 0.472. The fraction of sp³-hybridized carbons (Fsp3) is 0.643. The van der Waals surface area contributed by atoms with Crippen LogP contribution in [0.25, 0.3) is 0 Å². The Labute approximate surface area is 124 Å². The minimum atomic E-state index is -0.428. The molecule has 1 aromatic heterocycles. The Morgan fingerprint density at radius 1 is 1.48 bits per heavy atom. The van der Waals surface area contributed by atoms with Crippen molar-refractivity contribution in [2.45, 2.75) is 44.8 Å². The number of nitrogens with two attached hydrogens (primary N) is 1. The monoisotopic (exact) mass is 294 g/mol. The number of rotatable bonds is 6. The Morgan fingerprint density at radius 3 is 2.81 bits per heavy atom. The van der Waals surface area contributed by atoms with Crippen LogP contribution in [0.15, 0.2) is 12.3 Å². The summed E-state index contributed by atoms with van der Waals surface area (Å²) in [4.78, 5) is 14.3. The smallest absolute Gasteiger partial charge is 0.290 e. The zero-order valence-corrected chi connectivity index (χ0v) is 12.2. The Morgan fingerprint density at radius 2 is 2.19 bits per heavy atom. The zero-order chi connectivity index (χ0) is 15.2. The lowest BCUT2D eigenvalue weighted by Crippen LogP contribution is -2.31. The SMILES string of the molecule is Cc1cc(NCCOC2CCC(N)CC2)ncc1[N+](=O)[O-]. The second-order valence-corrected chi connectivity index (χ2v) is 5.45. The van der Waals surface area contributed by atoms with Gasteiger partial charge in [-0.3, -0.25) is 10.1 Å². The van der Waals surface area contributed by atoms with Crippen LogP contribution in [0.2, 0.25) is 0 Å². The maximum Gasteiger partial charge on any atom is 0.290 e. The van der Waals surface area contributed by atoms with Gasteiger partial charge in [-0.25, -0.2) is 4.98 Å². The normalized spacial score (nSPS) is 22.0. The Bertz CT molecular complexity index is 487. The molecule has 0 amide bonds. The Balaban J connectivity index is 1.71. The largest absolute Gasteiger partial charge is 0.376 e. The summed E-state index contributed by atoms with van der Waals surface area (Å²) in [5, 5.41) is 13.8. The first-order valence-corrected chi connectivity index (χ1v) is 7.28. The second kappa shape index (κ2) is 7.33. The highest BCUT2D eigenvalue weighted by Gasteiger charge is 2.18. The van der Waals surface area contributed by atoms with Crippen LogP contribution in [0.5, 0.6) is 0 Å². The molecule has 3 N–H and O–H groups in total. The number of aryl methyl sites for hydroxylation is 1. The highest BCUT2D eigenvalue weighted by atomic mass is 16.6. The summed E-state index contributed by atoms with van der Waals surface area (Å²) in [6, 6.07) is 2.01.